The minimum Gasteiger partial charge on any atom is -0.382 e. The molecule has 0 aliphatic heterocycles. The summed E-state index contributed by atoms with van der Waals surface area (Å²) < 4.78 is 10.2. The zero-order chi connectivity index (χ0) is 20.2. The van der Waals surface area contributed by atoms with Crippen molar-refractivity contribution in [1.29, 1.82) is 0 Å². The highest BCUT2D eigenvalue weighted by Gasteiger charge is 2.17. The summed E-state index contributed by atoms with van der Waals surface area (Å²) in [6.45, 7) is 3.72. The van der Waals surface area contributed by atoms with Crippen molar-refractivity contribution in [2.24, 2.45) is 0 Å². The molecule has 0 saturated heterocycles. The number of carbonyl (C=O) groups is 2. The second-order valence-corrected chi connectivity index (χ2v) is 6.66. The van der Waals surface area contributed by atoms with Gasteiger partial charge in [0, 0.05) is 38.6 Å². The van der Waals surface area contributed by atoms with Gasteiger partial charge in [0.2, 0.25) is 11.8 Å². The molecule has 0 spiro atoms. The molecule has 0 fully saturated rings. The standard InChI is InChI=1S/C20H25N3O4S/c1-16(24)23(18-7-4-3-5-8-18)20-22-17(15-28-20)9-10-19(25)21-11-6-12-27-14-13-26-2/h3-5,7-10,15H,6,11-14H2,1-2H3,(H,21,25)/b10-9+. The second-order valence-electron chi connectivity index (χ2n) is 5.83. The summed E-state index contributed by atoms with van der Waals surface area (Å²) in [5.74, 6) is -0.320. The van der Waals surface area contributed by atoms with Crippen LogP contribution in [0.25, 0.3) is 6.08 Å². The molecule has 7 nitrogen and oxygen atoms in total. The Kier molecular flexibility index (Phi) is 9.33. The van der Waals surface area contributed by atoms with E-state index in [0.29, 0.717) is 37.2 Å². The lowest BCUT2D eigenvalue weighted by molar-refractivity contribution is -0.117. The van der Waals surface area contributed by atoms with Crippen molar-refractivity contribution in [2.75, 3.05) is 38.4 Å². The van der Waals surface area contributed by atoms with Crippen LogP contribution in [0, 0.1) is 0 Å². The molecule has 0 saturated carbocycles. The van der Waals surface area contributed by atoms with Crippen LogP contribution >= 0.6 is 11.3 Å². The van der Waals surface area contributed by atoms with Crippen LogP contribution in [0.4, 0.5) is 10.8 Å². The molecule has 1 heterocycles. The van der Waals surface area contributed by atoms with Gasteiger partial charge < -0.3 is 14.8 Å². The highest BCUT2D eigenvalue weighted by atomic mass is 32.1. The van der Waals surface area contributed by atoms with Crippen LogP contribution in [0.15, 0.2) is 41.8 Å². The third-order valence-electron chi connectivity index (χ3n) is 3.63. The zero-order valence-corrected chi connectivity index (χ0v) is 16.9. The minimum absolute atomic E-state index is 0.124. The molecule has 0 bridgehead atoms. The Morgan fingerprint density at radius 2 is 2.00 bits per heavy atom. The van der Waals surface area contributed by atoms with Crippen LogP contribution in [-0.4, -0.2) is 50.3 Å². The number of anilines is 2. The van der Waals surface area contributed by atoms with E-state index in [-0.39, 0.29) is 11.8 Å². The van der Waals surface area contributed by atoms with Crippen molar-refractivity contribution >= 4 is 40.0 Å². The van der Waals surface area contributed by atoms with Crippen LogP contribution in [0.3, 0.4) is 0 Å². The number of para-hydroxylation sites is 1. The summed E-state index contributed by atoms with van der Waals surface area (Å²) in [5, 5.41) is 5.16. The Bertz CT molecular complexity index is 777. The maximum atomic E-state index is 12.0. The van der Waals surface area contributed by atoms with E-state index in [4.69, 9.17) is 9.47 Å². The number of methoxy groups -OCH3 is 1. The van der Waals surface area contributed by atoms with Crippen molar-refractivity contribution in [2.45, 2.75) is 13.3 Å². The van der Waals surface area contributed by atoms with E-state index in [2.05, 4.69) is 10.3 Å². The fourth-order valence-corrected chi connectivity index (χ4v) is 3.16. The molecule has 1 N–H and O–H groups in total. The number of aromatic nitrogens is 1. The van der Waals surface area contributed by atoms with E-state index in [1.807, 2.05) is 35.7 Å². The van der Waals surface area contributed by atoms with Gasteiger partial charge in [0.1, 0.15) is 0 Å². The third kappa shape index (κ3) is 7.22. The molecule has 1 aromatic heterocycles. The summed E-state index contributed by atoms with van der Waals surface area (Å²) >= 11 is 1.35. The molecule has 8 heteroatoms. The minimum atomic E-state index is -0.196. The second kappa shape index (κ2) is 12.0. The molecule has 28 heavy (non-hydrogen) atoms. The molecule has 2 aromatic rings. The van der Waals surface area contributed by atoms with Gasteiger partial charge in [-0.05, 0) is 24.6 Å². The topological polar surface area (TPSA) is 80.8 Å². The largest absolute Gasteiger partial charge is 0.382 e. The Morgan fingerprint density at radius 1 is 1.21 bits per heavy atom. The Balaban J connectivity index is 1.84. The molecule has 1 aromatic carbocycles. The summed E-state index contributed by atoms with van der Waals surface area (Å²) in [4.78, 5) is 29.9. The van der Waals surface area contributed by atoms with Crippen LogP contribution in [-0.2, 0) is 19.1 Å². The number of amides is 2. The number of benzene rings is 1. The average Bonchev–Trinajstić information content (AvgIpc) is 3.15. The molecule has 0 atom stereocenters. The Morgan fingerprint density at radius 3 is 2.71 bits per heavy atom. The molecule has 150 valence electrons. The molecular weight excluding hydrogens is 378 g/mol. The predicted octanol–water partition coefficient (Wildman–Crippen LogP) is 3.01. The van der Waals surface area contributed by atoms with Crippen molar-refractivity contribution in [1.82, 2.24) is 10.3 Å². The summed E-state index contributed by atoms with van der Waals surface area (Å²) in [6.07, 6.45) is 3.80. The van der Waals surface area contributed by atoms with Gasteiger partial charge in [-0.25, -0.2) is 4.98 Å². The average molecular weight is 404 g/mol. The summed E-state index contributed by atoms with van der Waals surface area (Å²) in [5.41, 5.74) is 1.38. The van der Waals surface area contributed by atoms with Gasteiger partial charge in [-0.2, -0.15) is 0 Å². The highest BCUT2D eigenvalue weighted by Crippen LogP contribution is 2.28. The Hall–Kier alpha value is -2.55. The monoisotopic (exact) mass is 403 g/mol. The van der Waals surface area contributed by atoms with E-state index < -0.39 is 0 Å². The van der Waals surface area contributed by atoms with Crippen LogP contribution < -0.4 is 10.2 Å². The molecule has 0 aliphatic carbocycles. The zero-order valence-electron chi connectivity index (χ0n) is 16.1. The maximum Gasteiger partial charge on any atom is 0.244 e. The Labute approximate surface area is 169 Å². The van der Waals surface area contributed by atoms with E-state index in [1.165, 1.54) is 24.3 Å². The smallest absolute Gasteiger partial charge is 0.244 e. The van der Waals surface area contributed by atoms with Crippen molar-refractivity contribution in [3.05, 3.63) is 47.5 Å². The highest BCUT2D eigenvalue weighted by molar-refractivity contribution is 7.14. The van der Waals surface area contributed by atoms with Gasteiger partial charge in [-0.1, -0.05) is 18.2 Å². The summed E-state index contributed by atoms with van der Waals surface area (Å²) in [7, 11) is 1.63. The third-order valence-corrected chi connectivity index (χ3v) is 4.48. The number of nitrogens with zero attached hydrogens (tertiary/aromatic N) is 2. The quantitative estimate of drug-likeness (QED) is 0.461. The number of carbonyl (C=O) groups excluding carboxylic acids is 2. The first-order valence-corrected chi connectivity index (χ1v) is 9.83. The normalized spacial score (nSPS) is 10.9. The van der Waals surface area contributed by atoms with Gasteiger partial charge in [-0.15, -0.1) is 11.3 Å². The molecular formula is C20H25N3O4S. The first-order chi connectivity index (χ1) is 13.6. The lowest BCUT2D eigenvalue weighted by Crippen LogP contribution is -2.23. The lowest BCUT2D eigenvalue weighted by Gasteiger charge is -2.17. The first-order valence-electron chi connectivity index (χ1n) is 8.95. The number of hydrogen-bond acceptors (Lipinski definition) is 6. The molecule has 0 unspecified atom stereocenters. The summed E-state index contributed by atoms with van der Waals surface area (Å²) in [6, 6.07) is 9.33. The first kappa shape index (κ1) is 21.7. The van der Waals surface area contributed by atoms with Gasteiger partial charge in [-0.3, -0.25) is 14.5 Å². The van der Waals surface area contributed by atoms with Gasteiger partial charge in [0.15, 0.2) is 5.13 Å². The molecule has 0 radical (unpaired) electrons. The SMILES string of the molecule is COCCOCCCNC(=O)/C=C/c1csc(N(C(C)=O)c2ccccc2)n1. The van der Waals surface area contributed by atoms with Crippen molar-refractivity contribution in [3.8, 4) is 0 Å². The van der Waals surface area contributed by atoms with Crippen LogP contribution in [0.1, 0.15) is 19.0 Å². The predicted molar refractivity (Wildman–Crippen MR) is 111 cm³/mol. The van der Waals surface area contributed by atoms with E-state index in [1.54, 1.807) is 18.1 Å². The molecule has 2 amide bonds. The molecule has 2 rings (SSSR count). The van der Waals surface area contributed by atoms with Crippen LogP contribution in [0.5, 0.6) is 0 Å². The van der Waals surface area contributed by atoms with Crippen LogP contribution in [0.2, 0.25) is 0 Å². The lowest BCUT2D eigenvalue weighted by atomic mass is 10.3. The molecule has 0 aliphatic rings. The fraction of sp³-hybridized carbons (Fsp3) is 0.350. The van der Waals surface area contributed by atoms with Crippen molar-refractivity contribution < 1.29 is 19.1 Å². The van der Waals surface area contributed by atoms with Crippen molar-refractivity contribution in [3.63, 3.8) is 0 Å². The van der Waals surface area contributed by atoms with E-state index >= 15 is 0 Å². The fourth-order valence-electron chi connectivity index (χ4n) is 2.31. The number of nitrogens with one attached hydrogen (secondary N) is 1. The van der Waals surface area contributed by atoms with Gasteiger partial charge >= 0.3 is 0 Å². The number of rotatable bonds is 11. The maximum absolute atomic E-state index is 12.0. The van der Waals surface area contributed by atoms with Gasteiger partial charge in [0.05, 0.1) is 24.6 Å². The number of ether oxygens (including phenoxy) is 2. The van der Waals surface area contributed by atoms with E-state index in [9.17, 15) is 9.59 Å². The van der Waals surface area contributed by atoms with E-state index in [0.717, 1.165) is 12.1 Å². The van der Waals surface area contributed by atoms with Gasteiger partial charge in [0.25, 0.3) is 0 Å². The number of hydrogen-bond donors (Lipinski definition) is 1. The number of thiazole rings is 1.